The van der Waals surface area contributed by atoms with E-state index in [1.165, 1.54) is 7.11 Å². The third-order valence-corrected chi connectivity index (χ3v) is 3.65. The Morgan fingerprint density at radius 1 is 1.29 bits per heavy atom. The van der Waals surface area contributed by atoms with Gasteiger partial charge in [0.05, 0.1) is 13.0 Å². The summed E-state index contributed by atoms with van der Waals surface area (Å²) < 4.78 is 4.74. The van der Waals surface area contributed by atoms with E-state index in [-0.39, 0.29) is 11.8 Å². The van der Waals surface area contributed by atoms with E-state index in [9.17, 15) is 9.59 Å². The standard InChI is InChI=1S/C11H13N3O3/c1-17-11(16)9-7-4-2-6(3-5-7)8(9)10(15)13-14-12/h2,4,6-9H,3,5H2,1H3. The van der Waals surface area contributed by atoms with Crippen LogP contribution in [0.3, 0.4) is 0 Å². The Morgan fingerprint density at radius 3 is 2.35 bits per heavy atom. The molecule has 0 radical (unpaired) electrons. The number of nitrogens with zero attached hydrogens (tertiary/aromatic N) is 3. The fraction of sp³-hybridized carbons (Fsp3) is 0.636. The summed E-state index contributed by atoms with van der Waals surface area (Å²) in [5, 5.41) is 3.13. The highest BCUT2D eigenvalue weighted by Crippen LogP contribution is 2.45. The Bertz CT molecular complexity index is 426. The zero-order chi connectivity index (χ0) is 12.4. The van der Waals surface area contributed by atoms with Crippen LogP contribution in [0.5, 0.6) is 0 Å². The molecule has 2 bridgehead atoms. The van der Waals surface area contributed by atoms with Crippen molar-refractivity contribution in [3.8, 4) is 0 Å². The van der Waals surface area contributed by atoms with E-state index in [1.807, 2.05) is 12.2 Å². The highest BCUT2D eigenvalue weighted by atomic mass is 16.5. The normalized spacial score (nSPS) is 33.9. The summed E-state index contributed by atoms with van der Waals surface area (Å²) >= 11 is 0. The minimum absolute atomic E-state index is 0.0119. The van der Waals surface area contributed by atoms with Crippen LogP contribution in [0.1, 0.15) is 12.8 Å². The summed E-state index contributed by atoms with van der Waals surface area (Å²) in [6.07, 6.45) is 5.64. The number of hydrogen-bond donors (Lipinski definition) is 0. The molecule has 17 heavy (non-hydrogen) atoms. The minimum Gasteiger partial charge on any atom is -0.469 e. The molecule has 3 aliphatic rings. The minimum atomic E-state index is -0.554. The molecule has 0 aromatic carbocycles. The van der Waals surface area contributed by atoms with Crippen molar-refractivity contribution in [2.45, 2.75) is 12.8 Å². The van der Waals surface area contributed by atoms with E-state index >= 15 is 0 Å². The van der Waals surface area contributed by atoms with Crippen LogP contribution in [-0.2, 0) is 14.3 Å². The predicted molar refractivity (Wildman–Crippen MR) is 58.5 cm³/mol. The Morgan fingerprint density at radius 2 is 1.88 bits per heavy atom. The summed E-state index contributed by atoms with van der Waals surface area (Å²) in [7, 11) is 1.31. The molecule has 0 N–H and O–H groups in total. The van der Waals surface area contributed by atoms with Crippen LogP contribution in [0.4, 0.5) is 0 Å². The highest BCUT2D eigenvalue weighted by molar-refractivity contribution is 5.87. The van der Waals surface area contributed by atoms with Gasteiger partial charge in [-0.15, -0.1) is 0 Å². The number of carbonyl (C=O) groups is 2. The van der Waals surface area contributed by atoms with Crippen LogP contribution in [-0.4, -0.2) is 19.0 Å². The predicted octanol–water partition coefficient (Wildman–Crippen LogP) is 1.82. The van der Waals surface area contributed by atoms with Gasteiger partial charge >= 0.3 is 5.97 Å². The molecule has 0 saturated heterocycles. The van der Waals surface area contributed by atoms with E-state index in [1.54, 1.807) is 0 Å². The van der Waals surface area contributed by atoms with Crippen molar-refractivity contribution >= 4 is 11.9 Å². The molecule has 6 heteroatoms. The SMILES string of the molecule is COC(=O)C1C2C=CC(CC2)C1C(=O)N=[N+]=[N-]. The molecule has 90 valence electrons. The second kappa shape index (κ2) is 4.59. The van der Waals surface area contributed by atoms with E-state index < -0.39 is 23.7 Å². The molecule has 4 unspecified atom stereocenters. The Kier molecular flexibility index (Phi) is 3.15. The molecule has 0 aromatic heterocycles. The Hall–Kier alpha value is -1.81. The van der Waals surface area contributed by atoms with Gasteiger partial charge in [-0.25, -0.2) is 0 Å². The zero-order valence-corrected chi connectivity index (χ0v) is 9.44. The van der Waals surface area contributed by atoms with Gasteiger partial charge in [0.15, 0.2) is 0 Å². The summed E-state index contributed by atoms with van der Waals surface area (Å²) in [6, 6.07) is 0. The molecule has 1 saturated carbocycles. The number of rotatable bonds is 2. The van der Waals surface area contributed by atoms with Crippen molar-refractivity contribution in [2.75, 3.05) is 7.11 Å². The third-order valence-electron chi connectivity index (χ3n) is 3.65. The monoisotopic (exact) mass is 235 g/mol. The Balaban J connectivity index is 2.33. The topological polar surface area (TPSA) is 92.1 Å². The summed E-state index contributed by atoms with van der Waals surface area (Å²) in [6.45, 7) is 0. The number of esters is 1. The molecule has 1 fully saturated rings. The van der Waals surface area contributed by atoms with Crippen LogP contribution < -0.4 is 0 Å². The molecule has 0 spiro atoms. The average Bonchev–Trinajstić information content (AvgIpc) is 2.38. The van der Waals surface area contributed by atoms with E-state index in [4.69, 9.17) is 10.3 Å². The van der Waals surface area contributed by atoms with Gasteiger partial charge in [-0.1, -0.05) is 12.2 Å². The van der Waals surface area contributed by atoms with Crippen LogP contribution in [0.2, 0.25) is 0 Å². The number of fused-ring (bicyclic) bond motifs is 2. The fourth-order valence-corrected chi connectivity index (χ4v) is 2.90. The van der Waals surface area contributed by atoms with Gasteiger partial charge in [0.1, 0.15) is 0 Å². The average molecular weight is 235 g/mol. The molecule has 3 aliphatic carbocycles. The number of allylic oxidation sites excluding steroid dienone is 2. The zero-order valence-electron chi connectivity index (χ0n) is 9.44. The lowest BCUT2D eigenvalue weighted by Crippen LogP contribution is -2.45. The smallest absolute Gasteiger partial charge is 0.310 e. The molecule has 0 aliphatic heterocycles. The maximum Gasteiger partial charge on any atom is 0.310 e. The first-order chi connectivity index (χ1) is 8.19. The number of carbonyl (C=O) groups excluding carboxylic acids is 2. The van der Waals surface area contributed by atoms with Crippen LogP contribution >= 0.6 is 0 Å². The first kappa shape index (κ1) is 11.7. The summed E-state index contributed by atoms with van der Waals surface area (Å²) in [5.74, 6) is -1.99. The van der Waals surface area contributed by atoms with Crippen LogP contribution in [0.15, 0.2) is 17.3 Å². The number of methoxy groups -OCH3 is 1. The molecule has 4 atom stereocenters. The van der Waals surface area contributed by atoms with Crippen molar-refractivity contribution in [3.63, 3.8) is 0 Å². The molecular formula is C11H13N3O3. The van der Waals surface area contributed by atoms with E-state index in [2.05, 4.69) is 10.0 Å². The molecule has 1 amide bonds. The second-order valence-electron chi connectivity index (χ2n) is 4.39. The lowest BCUT2D eigenvalue weighted by atomic mass is 9.62. The number of hydrogen-bond acceptors (Lipinski definition) is 3. The molecular weight excluding hydrogens is 222 g/mol. The quantitative estimate of drug-likeness (QED) is 0.240. The summed E-state index contributed by atoms with van der Waals surface area (Å²) in [5.41, 5.74) is 8.32. The largest absolute Gasteiger partial charge is 0.469 e. The lowest BCUT2D eigenvalue weighted by Gasteiger charge is -2.41. The van der Waals surface area contributed by atoms with E-state index in [0.717, 1.165) is 12.8 Å². The van der Waals surface area contributed by atoms with Gasteiger partial charge in [0.2, 0.25) is 5.91 Å². The fourth-order valence-electron chi connectivity index (χ4n) is 2.90. The van der Waals surface area contributed by atoms with E-state index in [0.29, 0.717) is 0 Å². The van der Waals surface area contributed by atoms with Crippen molar-refractivity contribution in [2.24, 2.45) is 28.8 Å². The van der Waals surface area contributed by atoms with Crippen molar-refractivity contribution in [3.05, 3.63) is 22.6 Å². The maximum atomic E-state index is 11.8. The molecule has 6 nitrogen and oxygen atoms in total. The maximum absolute atomic E-state index is 11.8. The van der Waals surface area contributed by atoms with Gasteiger partial charge in [-0.05, 0) is 35.3 Å². The number of ether oxygens (including phenoxy) is 1. The molecule has 3 rings (SSSR count). The van der Waals surface area contributed by atoms with Crippen molar-refractivity contribution in [1.29, 1.82) is 0 Å². The Labute approximate surface area is 98.3 Å². The van der Waals surface area contributed by atoms with Crippen molar-refractivity contribution in [1.82, 2.24) is 0 Å². The number of azide groups is 1. The van der Waals surface area contributed by atoms with Crippen LogP contribution in [0, 0.1) is 23.7 Å². The van der Waals surface area contributed by atoms with Gasteiger partial charge in [-0.3, -0.25) is 9.59 Å². The van der Waals surface area contributed by atoms with Gasteiger partial charge in [0, 0.05) is 10.8 Å². The first-order valence-corrected chi connectivity index (χ1v) is 5.54. The van der Waals surface area contributed by atoms with Crippen LogP contribution in [0.25, 0.3) is 10.4 Å². The van der Waals surface area contributed by atoms with Gasteiger partial charge in [0.25, 0.3) is 0 Å². The molecule has 0 heterocycles. The third kappa shape index (κ3) is 1.91. The lowest BCUT2D eigenvalue weighted by molar-refractivity contribution is -0.155. The second-order valence-corrected chi connectivity index (χ2v) is 4.39. The van der Waals surface area contributed by atoms with Crippen molar-refractivity contribution < 1.29 is 14.3 Å². The highest BCUT2D eigenvalue weighted by Gasteiger charge is 2.48. The van der Waals surface area contributed by atoms with Gasteiger partial charge < -0.3 is 4.74 Å². The first-order valence-electron chi connectivity index (χ1n) is 5.54. The number of amides is 1. The molecule has 0 aromatic rings. The van der Waals surface area contributed by atoms with Gasteiger partial charge in [-0.2, -0.15) is 0 Å². The summed E-state index contributed by atoms with van der Waals surface area (Å²) in [4.78, 5) is 26.0.